The summed E-state index contributed by atoms with van der Waals surface area (Å²) in [6, 6.07) is 18.0. The van der Waals surface area contributed by atoms with Crippen molar-refractivity contribution in [1.82, 2.24) is 9.29 Å². The lowest BCUT2D eigenvalue weighted by molar-refractivity contribution is -0.113. The quantitative estimate of drug-likeness (QED) is 0.367. The zero-order valence-corrected chi connectivity index (χ0v) is 23.5. The second-order valence-electron chi connectivity index (χ2n) is 8.41. The molecule has 0 atom stereocenters. The summed E-state index contributed by atoms with van der Waals surface area (Å²) >= 11 is 0. The molecule has 0 aliphatic rings. The third-order valence-corrected chi connectivity index (χ3v) is 8.62. The van der Waals surface area contributed by atoms with Crippen LogP contribution in [0.2, 0.25) is 0 Å². The SMILES string of the molecule is Cc1cccc(CCN(C)S(=O)(=O)c2ccc(N(C)C(=O)C=Cc3ccc(S(C)(=O)=O)cc3)cc2)n1.Cl. The van der Waals surface area contributed by atoms with E-state index in [1.165, 1.54) is 46.6 Å². The highest BCUT2D eigenvalue weighted by Crippen LogP contribution is 2.20. The van der Waals surface area contributed by atoms with Crippen molar-refractivity contribution in [3.8, 4) is 0 Å². The molecule has 0 radical (unpaired) electrons. The van der Waals surface area contributed by atoms with Crippen LogP contribution >= 0.6 is 12.4 Å². The Balaban J connectivity index is 0.00000481. The van der Waals surface area contributed by atoms with E-state index in [-0.39, 0.29) is 34.6 Å². The van der Waals surface area contributed by atoms with Crippen LogP contribution in [0.3, 0.4) is 0 Å². The number of pyridine rings is 1. The molecule has 0 spiro atoms. The molecule has 0 saturated carbocycles. The molecule has 3 rings (SSSR count). The van der Waals surface area contributed by atoms with Gasteiger partial charge in [-0.1, -0.05) is 18.2 Å². The molecule has 0 bridgehead atoms. The van der Waals surface area contributed by atoms with E-state index in [1.54, 1.807) is 37.4 Å². The molecule has 0 fully saturated rings. The summed E-state index contributed by atoms with van der Waals surface area (Å²) < 4.78 is 50.3. The van der Waals surface area contributed by atoms with Gasteiger partial charge in [-0.2, -0.15) is 0 Å². The third kappa shape index (κ3) is 7.96. The standard InChI is InChI=1S/C26H29N3O5S2.ClH/c1-20-6-5-7-22(27-20)18-19-28(2)36(33,34)25-15-11-23(12-16-25)29(3)26(30)17-10-21-8-13-24(14-9-21)35(4,31)32;/h5-17H,18-19H2,1-4H3;1H. The van der Waals surface area contributed by atoms with Gasteiger partial charge in [0, 0.05) is 56.5 Å². The Bertz CT molecular complexity index is 1470. The van der Waals surface area contributed by atoms with Crippen LogP contribution < -0.4 is 4.90 Å². The first-order chi connectivity index (χ1) is 16.9. The fourth-order valence-corrected chi connectivity index (χ4v) is 5.19. The van der Waals surface area contributed by atoms with E-state index in [9.17, 15) is 21.6 Å². The van der Waals surface area contributed by atoms with Crippen molar-refractivity contribution >= 4 is 49.9 Å². The smallest absolute Gasteiger partial charge is 0.250 e. The van der Waals surface area contributed by atoms with Gasteiger partial charge in [-0.15, -0.1) is 12.4 Å². The molecule has 0 unspecified atom stereocenters. The van der Waals surface area contributed by atoms with E-state index < -0.39 is 19.9 Å². The van der Waals surface area contributed by atoms with Crippen molar-refractivity contribution in [3.63, 3.8) is 0 Å². The highest BCUT2D eigenvalue weighted by Gasteiger charge is 2.21. The molecule has 0 N–H and O–H groups in total. The molecule has 2 aromatic carbocycles. The average Bonchev–Trinajstić information content (AvgIpc) is 2.85. The fraction of sp³-hybridized carbons (Fsp3) is 0.231. The molecule has 8 nitrogen and oxygen atoms in total. The molecular formula is C26H30ClN3O5S2. The van der Waals surface area contributed by atoms with Crippen LogP contribution in [0.15, 0.2) is 82.6 Å². The lowest BCUT2D eigenvalue weighted by Gasteiger charge is -2.19. The normalized spacial score (nSPS) is 11.9. The number of nitrogens with zero attached hydrogens (tertiary/aromatic N) is 3. The summed E-state index contributed by atoms with van der Waals surface area (Å²) in [5.41, 5.74) is 2.91. The van der Waals surface area contributed by atoms with Crippen LogP contribution in [-0.4, -0.2) is 58.9 Å². The van der Waals surface area contributed by atoms with Crippen molar-refractivity contribution in [2.75, 3.05) is 31.8 Å². The molecule has 37 heavy (non-hydrogen) atoms. The fourth-order valence-electron chi connectivity index (χ4n) is 3.39. The predicted molar refractivity (Wildman–Crippen MR) is 148 cm³/mol. The number of hydrogen-bond donors (Lipinski definition) is 0. The van der Waals surface area contributed by atoms with Gasteiger partial charge in [0.15, 0.2) is 9.84 Å². The second-order valence-corrected chi connectivity index (χ2v) is 12.5. The third-order valence-electron chi connectivity index (χ3n) is 5.62. The molecule has 3 aromatic rings. The van der Waals surface area contributed by atoms with Gasteiger partial charge in [-0.05, 0) is 67.1 Å². The van der Waals surface area contributed by atoms with E-state index >= 15 is 0 Å². The van der Waals surface area contributed by atoms with E-state index in [2.05, 4.69) is 4.98 Å². The van der Waals surface area contributed by atoms with Gasteiger partial charge in [0.2, 0.25) is 10.0 Å². The summed E-state index contributed by atoms with van der Waals surface area (Å²) in [6.07, 6.45) is 4.58. The molecule has 0 aliphatic carbocycles. The zero-order valence-electron chi connectivity index (χ0n) is 21.0. The van der Waals surface area contributed by atoms with Gasteiger partial charge in [-0.25, -0.2) is 21.1 Å². The number of likely N-dealkylation sites (N-methyl/N-ethyl adjacent to an activating group) is 2. The van der Waals surface area contributed by atoms with Gasteiger partial charge in [-0.3, -0.25) is 9.78 Å². The van der Waals surface area contributed by atoms with Crippen LogP contribution in [0.25, 0.3) is 6.08 Å². The zero-order chi connectivity index (χ0) is 26.5. The predicted octanol–water partition coefficient (Wildman–Crippen LogP) is 3.75. The van der Waals surface area contributed by atoms with Crippen LogP contribution in [0.5, 0.6) is 0 Å². The number of halogens is 1. The van der Waals surface area contributed by atoms with Crippen molar-refractivity contribution in [1.29, 1.82) is 0 Å². The van der Waals surface area contributed by atoms with Crippen LogP contribution in [-0.2, 0) is 31.1 Å². The molecule has 0 aliphatic heterocycles. The Morgan fingerprint density at radius 2 is 1.49 bits per heavy atom. The van der Waals surface area contributed by atoms with Gasteiger partial charge in [0.05, 0.1) is 9.79 Å². The summed E-state index contributed by atoms with van der Waals surface area (Å²) in [7, 11) is -3.87. The topological polar surface area (TPSA) is 105 Å². The average molecular weight is 564 g/mol. The van der Waals surface area contributed by atoms with E-state index in [0.717, 1.165) is 17.6 Å². The van der Waals surface area contributed by atoms with E-state index in [1.807, 2.05) is 25.1 Å². The van der Waals surface area contributed by atoms with Crippen LogP contribution in [0.4, 0.5) is 5.69 Å². The number of sulfone groups is 1. The number of hydrogen-bond acceptors (Lipinski definition) is 6. The molecule has 1 aromatic heterocycles. The molecule has 198 valence electrons. The first-order valence-electron chi connectivity index (χ1n) is 11.1. The van der Waals surface area contributed by atoms with Gasteiger partial charge in [0.25, 0.3) is 5.91 Å². The molecule has 11 heteroatoms. The Morgan fingerprint density at radius 1 is 0.892 bits per heavy atom. The number of benzene rings is 2. The minimum Gasteiger partial charge on any atom is -0.312 e. The van der Waals surface area contributed by atoms with Crippen LogP contribution in [0, 0.1) is 6.92 Å². The maximum absolute atomic E-state index is 13.0. The minimum absolute atomic E-state index is 0. The number of anilines is 1. The summed E-state index contributed by atoms with van der Waals surface area (Å²) in [4.78, 5) is 18.7. The van der Waals surface area contributed by atoms with E-state index in [4.69, 9.17) is 0 Å². The monoisotopic (exact) mass is 563 g/mol. The maximum Gasteiger partial charge on any atom is 0.250 e. The van der Waals surface area contributed by atoms with Crippen molar-refractivity contribution in [2.24, 2.45) is 0 Å². The highest BCUT2D eigenvalue weighted by atomic mass is 35.5. The lowest BCUT2D eigenvalue weighted by Crippen LogP contribution is -2.29. The Kier molecular flexibility index (Phi) is 10.2. The molecule has 0 saturated heterocycles. The second kappa shape index (κ2) is 12.5. The van der Waals surface area contributed by atoms with Crippen molar-refractivity contribution in [3.05, 3.63) is 89.8 Å². The highest BCUT2D eigenvalue weighted by molar-refractivity contribution is 7.90. The molecule has 1 heterocycles. The number of carbonyl (C=O) groups excluding carboxylic acids is 1. The maximum atomic E-state index is 13.0. The largest absolute Gasteiger partial charge is 0.312 e. The van der Waals surface area contributed by atoms with E-state index in [0.29, 0.717) is 17.7 Å². The summed E-state index contributed by atoms with van der Waals surface area (Å²) in [6.45, 7) is 2.18. The van der Waals surface area contributed by atoms with Crippen LogP contribution in [0.1, 0.15) is 17.0 Å². The lowest BCUT2D eigenvalue weighted by atomic mass is 10.2. The van der Waals surface area contributed by atoms with Crippen molar-refractivity contribution < 1.29 is 21.6 Å². The molecular weight excluding hydrogens is 534 g/mol. The summed E-state index contributed by atoms with van der Waals surface area (Å²) in [5, 5.41) is 0. The Labute approximate surface area is 225 Å². The van der Waals surface area contributed by atoms with Gasteiger partial charge < -0.3 is 4.90 Å². The summed E-state index contributed by atoms with van der Waals surface area (Å²) in [5.74, 6) is -0.319. The number of sulfonamides is 1. The number of carbonyl (C=O) groups is 1. The minimum atomic E-state index is -3.70. The Hall–Kier alpha value is -3.05. The number of aromatic nitrogens is 1. The number of amides is 1. The van der Waals surface area contributed by atoms with Gasteiger partial charge >= 0.3 is 0 Å². The van der Waals surface area contributed by atoms with Crippen molar-refractivity contribution in [2.45, 2.75) is 23.1 Å². The number of aryl methyl sites for hydroxylation is 1. The number of rotatable bonds is 9. The first-order valence-corrected chi connectivity index (χ1v) is 14.5. The Morgan fingerprint density at radius 3 is 2.05 bits per heavy atom. The van der Waals surface area contributed by atoms with Gasteiger partial charge in [0.1, 0.15) is 0 Å². The molecule has 1 amide bonds. The first kappa shape index (κ1) is 30.2.